The Balaban J connectivity index is 1.47. The number of carbonyl (C=O) groups excluding carboxylic acids is 1. The van der Waals surface area contributed by atoms with Crippen molar-refractivity contribution in [2.75, 3.05) is 20.1 Å². The summed E-state index contributed by atoms with van der Waals surface area (Å²) >= 11 is -2.57. The van der Waals surface area contributed by atoms with Crippen molar-refractivity contribution in [1.82, 2.24) is 14.9 Å². The van der Waals surface area contributed by atoms with Crippen LogP contribution in [0, 0.1) is 34.6 Å². The van der Waals surface area contributed by atoms with Crippen LogP contribution in [0.1, 0.15) is 27.9 Å². The molecule has 284 valence electrons. The van der Waals surface area contributed by atoms with Gasteiger partial charge in [0.25, 0.3) is 5.88 Å². The highest BCUT2D eigenvalue weighted by Gasteiger charge is 2.52. The number of amidine groups is 1. The number of benzene rings is 4. The summed E-state index contributed by atoms with van der Waals surface area (Å²) in [7, 11) is 1.70. The normalized spacial score (nSPS) is 15.8. The number of ether oxygens (including phenoxy) is 2. The molecule has 0 aliphatic carbocycles. The Bertz CT molecular complexity index is 2670. The van der Waals surface area contributed by atoms with Crippen molar-refractivity contribution >= 4 is 22.9 Å². The molecule has 0 spiro atoms. The van der Waals surface area contributed by atoms with Crippen molar-refractivity contribution < 1.29 is 45.3 Å². The molecule has 16 heteroatoms. The number of hydrogen-bond acceptors (Lipinski definition) is 11. The molecule has 0 amide bonds. The van der Waals surface area contributed by atoms with E-state index in [1.54, 1.807) is 24.1 Å². The van der Waals surface area contributed by atoms with E-state index in [0.29, 0.717) is 25.1 Å². The standard InChI is InChI=1S/C41H25F4N5O6S/c1-50-17-16-47-38(50)26-19-25-13-15-29(26)54-36-33(44)35(31-27(42)21-48-39(32(31)43)55-30-18-22(20-46)12-14-28(30)51)49-37(34(36)45)41(40(52)56-57(25)53,23-8-4-2-5-9-23)24-10-6-3-7-11-24/h2-15,18-19,21,51H,16-17H2,1H3. The Morgan fingerprint density at radius 2 is 1.63 bits per heavy atom. The molecule has 2 aromatic heterocycles. The van der Waals surface area contributed by atoms with Crippen LogP contribution in [0.15, 0.2) is 113 Å². The van der Waals surface area contributed by atoms with Crippen LogP contribution < -0.4 is 9.47 Å². The van der Waals surface area contributed by atoms with Crippen LogP contribution in [-0.4, -0.2) is 56.1 Å². The van der Waals surface area contributed by atoms with Crippen LogP contribution in [0.4, 0.5) is 17.6 Å². The first-order chi connectivity index (χ1) is 27.5. The number of likely N-dealkylation sites (N-methyl/N-ethyl adjacent to an activating group) is 1. The minimum absolute atomic E-state index is 0.00419. The number of aliphatic imine (C=N–C) groups is 1. The molecule has 9 rings (SSSR count). The van der Waals surface area contributed by atoms with Gasteiger partial charge in [-0.05, 0) is 41.5 Å². The number of aromatic hydroxyl groups is 1. The highest BCUT2D eigenvalue weighted by Crippen LogP contribution is 2.48. The van der Waals surface area contributed by atoms with Gasteiger partial charge in [0, 0.05) is 19.7 Å². The molecule has 0 saturated carbocycles. The average molecular weight is 792 g/mol. The minimum Gasteiger partial charge on any atom is -0.504 e. The molecule has 4 bridgehead atoms. The van der Waals surface area contributed by atoms with Gasteiger partial charge in [0.05, 0.1) is 40.4 Å². The topological polar surface area (TPSA) is 147 Å². The van der Waals surface area contributed by atoms with Gasteiger partial charge in [0.15, 0.2) is 40.2 Å². The number of hydrogen-bond donors (Lipinski definition) is 1. The van der Waals surface area contributed by atoms with Gasteiger partial charge in [-0.1, -0.05) is 60.7 Å². The third-order valence-corrected chi connectivity index (χ3v) is 10.3. The van der Waals surface area contributed by atoms with E-state index in [4.69, 9.17) is 13.7 Å². The molecule has 3 aliphatic rings. The van der Waals surface area contributed by atoms with Crippen molar-refractivity contribution in [3.8, 4) is 46.2 Å². The molecule has 3 aliphatic heterocycles. The fourth-order valence-electron chi connectivity index (χ4n) is 6.67. The van der Waals surface area contributed by atoms with E-state index in [0.717, 1.165) is 12.1 Å². The maximum atomic E-state index is 17.6. The fourth-order valence-corrected chi connectivity index (χ4v) is 7.42. The van der Waals surface area contributed by atoms with E-state index in [-0.39, 0.29) is 32.9 Å². The maximum Gasteiger partial charge on any atom is 0.341 e. The SMILES string of the molecule is CN1CCN=C1c1cc2ccc1Oc1c(F)c(-c3c(F)cnc(Oc4cc(C#N)ccc4O)c3F)nc(c1F)C(c1ccccc1)(c1ccccc1)C(=O)OS2=O. The van der Waals surface area contributed by atoms with Crippen LogP contribution in [0.25, 0.3) is 11.3 Å². The van der Waals surface area contributed by atoms with Crippen molar-refractivity contribution in [1.29, 1.82) is 5.26 Å². The van der Waals surface area contributed by atoms with Crippen LogP contribution >= 0.6 is 0 Å². The number of aromatic nitrogens is 2. The Kier molecular flexibility index (Phi) is 9.38. The molecule has 0 fully saturated rings. The molecule has 0 saturated heterocycles. The summed E-state index contributed by atoms with van der Waals surface area (Å²) in [6.07, 6.45) is 0.478. The van der Waals surface area contributed by atoms with Gasteiger partial charge in [-0.25, -0.2) is 36.5 Å². The summed E-state index contributed by atoms with van der Waals surface area (Å²) in [6, 6.07) is 24.1. The number of phenols is 1. The van der Waals surface area contributed by atoms with Crippen LogP contribution in [0.2, 0.25) is 0 Å². The molecule has 0 radical (unpaired) electrons. The third kappa shape index (κ3) is 6.18. The molecule has 11 nitrogen and oxygen atoms in total. The van der Waals surface area contributed by atoms with Gasteiger partial charge in [-0.2, -0.15) is 5.26 Å². The lowest BCUT2D eigenvalue weighted by molar-refractivity contribution is -0.137. The highest BCUT2D eigenvalue weighted by atomic mass is 32.2. The quantitative estimate of drug-likeness (QED) is 0.169. The zero-order chi connectivity index (χ0) is 40.0. The summed E-state index contributed by atoms with van der Waals surface area (Å²) in [4.78, 5) is 28.9. The number of carbonyl (C=O) groups is 1. The first kappa shape index (κ1) is 36.8. The van der Waals surface area contributed by atoms with E-state index >= 15 is 17.6 Å². The predicted octanol–water partition coefficient (Wildman–Crippen LogP) is 7.47. The van der Waals surface area contributed by atoms with Crippen LogP contribution in [-0.2, 0) is 25.5 Å². The fraction of sp³-hybridized carbons (Fsp3) is 0.0976. The Hall–Kier alpha value is -7.12. The molecular formula is C41H25F4N5O6S. The maximum absolute atomic E-state index is 17.6. The lowest BCUT2D eigenvalue weighted by Crippen LogP contribution is -2.42. The van der Waals surface area contributed by atoms with Crippen LogP contribution in [0.5, 0.6) is 28.9 Å². The summed E-state index contributed by atoms with van der Waals surface area (Å²) < 4.78 is 98.6. The van der Waals surface area contributed by atoms with Crippen LogP contribution in [0.3, 0.4) is 0 Å². The van der Waals surface area contributed by atoms with Crippen molar-refractivity contribution in [3.63, 3.8) is 0 Å². The average Bonchev–Trinajstić information content (AvgIpc) is 3.65. The smallest absolute Gasteiger partial charge is 0.341 e. The zero-order valence-electron chi connectivity index (χ0n) is 29.4. The van der Waals surface area contributed by atoms with Gasteiger partial charge in [0.1, 0.15) is 23.0 Å². The minimum atomic E-state index is -2.57. The second-order valence-electron chi connectivity index (χ2n) is 12.7. The highest BCUT2D eigenvalue weighted by molar-refractivity contribution is 7.80. The van der Waals surface area contributed by atoms with E-state index in [1.165, 1.54) is 72.8 Å². The van der Waals surface area contributed by atoms with Gasteiger partial charge < -0.3 is 23.7 Å². The Morgan fingerprint density at radius 3 is 2.28 bits per heavy atom. The summed E-state index contributed by atoms with van der Waals surface area (Å²) in [5.74, 6) is -10.9. The Labute approximate surface area is 323 Å². The molecule has 1 unspecified atom stereocenters. The monoisotopic (exact) mass is 791 g/mol. The second kappa shape index (κ2) is 14.5. The molecular weight excluding hydrogens is 767 g/mol. The molecule has 5 heterocycles. The van der Waals surface area contributed by atoms with E-state index in [1.807, 2.05) is 6.07 Å². The zero-order valence-corrected chi connectivity index (χ0v) is 30.2. The van der Waals surface area contributed by atoms with Gasteiger partial charge in [-0.15, -0.1) is 0 Å². The number of halogens is 4. The molecule has 4 aromatic carbocycles. The van der Waals surface area contributed by atoms with E-state index in [9.17, 15) is 19.4 Å². The molecule has 1 N–H and O–H groups in total. The first-order valence-electron chi connectivity index (χ1n) is 17.0. The van der Waals surface area contributed by atoms with Gasteiger partial charge in [-0.3, -0.25) is 4.99 Å². The van der Waals surface area contributed by atoms with Crippen molar-refractivity contribution in [3.05, 3.63) is 154 Å². The third-order valence-electron chi connectivity index (χ3n) is 9.39. The summed E-state index contributed by atoms with van der Waals surface area (Å²) in [6.45, 7) is 0.809. The van der Waals surface area contributed by atoms with E-state index < -0.39 is 85.8 Å². The molecule has 1 atom stereocenters. The number of fused-ring (bicyclic) bond motifs is 5. The van der Waals surface area contributed by atoms with E-state index in [2.05, 4.69) is 15.0 Å². The second-order valence-corrected chi connectivity index (χ2v) is 13.8. The lowest BCUT2D eigenvalue weighted by atomic mass is 9.71. The summed E-state index contributed by atoms with van der Waals surface area (Å²) in [5, 5.41) is 19.7. The van der Waals surface area contributed by atoms with Crippen molar-refractivity contribution in [2.45, 2.75) is 10.3 Å². The molecule has 57 heavy (non-hydrogen) atoms. The largest absolute Gasteiger partial charge is 0.504 e. The number of phenolic OH excluding ortho intramolecular Hbond substituents is 1. The number of nitrogens with zero attached hydrogens (tertiary/aromatic N) is 5. The number of pyridine rings is 2. The van der Waals surface area contributed by atoms with Crippen molar-refractivity contribution in [2.24, 2.45) is 4.99 Å². The lowest BCUT2D eigenvalue weighted by Gasteiger charge is -2.33. The molecule has 6 aromatic rings. The number of nitriles is 1. The van der Waals surface area contributed by atoms with Gasteiger partial charge in [0.2, 0.25) is 16.8 Å². The first-order valence-corrected chi connectivity index (χ1v) is 18.1. The number of rotatable bonds is 6. The predicted molar refractivity (Wildman–Crippen MR) is 196 cm³/mol. The Morgan fingerprint density at radius 1 is 0.930 bits per heavy atom. The van der Waals surface area contributed by atoms with Gasteiger partial charge >= 0.3 is 5.97 Å². The summed E-state index contributed by atoms with van der Waals surface area (Å²) in [5.41, 5.74) is -5.76.